The van der Waals surface area contributed by atoms with Gasteiger partial charge in [0.15, 0.2) is 0 Å². The maximum absolute atomic E-state index is 2.41. The highest BCUT2D eigenvalue weighted by Crippen LogP contribution is 2.54. The van der Waals surface area contributed by atoms with Gasteiger partial charge in [-0.3, -0.25) is 0 Å². The lowest BCUT2D eigenvalue weighted by molar-refractivity contribution is 0.660. The molecule has 0 unspecified atom stereocenters. The summed E-state index contributed by atoms with van der Waals surface area (Å²) in [6.07, 6.45) is 0. The van der Waals surface area contributed by atoms with Crippen molar-refractivity contribution in [3.05, 3.63) is 144 Å². The zero-order valence-electron chi connectivity index (χ0n) is 24.0. The normalized spacial score (nSPS) is 13.6. The molecule has 196 valence electrons. The molecule has 1 aliphatic rings. The third-order valence-electron chi connectivity index (χ3n) is 9.47. The van der Waals surface area contributed by atoms with E-state index in [0.717, 1.165) is 0 Å². The zero-order valence-corrected chi connectivity index (χ0v) is 24.0. The maximum Gasteiger partial charge on any atom is 0.0159 e. The number of fused-ring (bicyclic) bond motifs is 6. The van der Waals surface area contributed by atoms with Gasteiger partial charge < -0.3 is 0 Å². The summed E-state index contributed by atoms with van der Waals surface area (Å²) in [6.45, 7) is 9.16. The standard InChI is InChI=1S/C41H32/c1-25-20-22-32-35(24-25)39(34-17-11-19-37-40(34)33-16-9-10-18-36(33)41(37,3)4)30-15-8-7-14-29(30)38(32)31-23-21-26(2)27-12-5-6-13-28(27)31/h5-24H,1-4H3. The van der Waals surface area contributed by atoms with Crippen LogP contribution in [0.4, 0.5) is 0 Å². The highest BCUT2D eigenvalue weighted by Gasteiger charge is 2.37. The Kier molecular flexibility index (Phi) is 5.10. The molecular formula is C41H32. The molecule has 0 saturated heterocycles. The van der Waals surface area contributed by atoms with Gasteiger partial charge in [-0.25, -0.2) is 0 Å². The first kappa shape index (κ1) is 24.1. The van der Waals surface area contributed by atoms with Crippen molar-refractivity contribution < 1.29 is 0 Å². The van der Waals surface area contributed by atoms with Crippen LogP contribution in [0.25, 0.3) is 65.7 Å². The lowest BCUT2D eigenvalue weighted by Gasteiger charge is -2.23. The fraction of sp³-hybridized carbons (Fsp3) is 0.122. The largest absolute Gasteiger partial charge is 0.0619 e. The highest BCUT2D eigenvalue weighted by atomic mass is 14.4. The van der Waals surface area contributed by atoms with E-state index in [1.807, 2.05) is 0 Å². The topological polar surface area (TPSA) is 0 Å². The SMILES string of the molecule is Cc1ccc2c(-c3ccc(C)c4ccccc34)c3ccccc3c(-c3cccc4c3-c3ccccc3C4(C)C)c2c1. The molecule has 7 aromatic carbocycles. The molecular weight excluding hydrogens is 492 g/mol. The molecule has 0 amide bonds. The number of hydrogen-bond donors (Lipinski definition) is 0. The fourth-order valence-corrected chi connectivity index (χ4v) is 7.50. The van der Waals surface area contributed by atoms with Crippen LogP contribution in [0.5, 0.6) is 0 Å². The second-order valence-electron chi connectivity index (χ2n) is 12.2. The minimum Gasteiger partial charge on any atom is -0.0619 e. The second kappa shape index (κ2) is 8.66. The Morgan fingerprint density at radius 3 is 1.76 bits per heavy atom. The quantitative estimate of drug-likeness (QED) is 0.197. The van der Waals surface area contributed by atoms with Gasteiger partial charge in [-0.2, -0.15) is 0 Å². The van der Waals surface area contributed by atoms with Gasteiger partial charge in [0, 0.05) is 5.41 Å². The molecule has 8 rings (SSSR count). The lowest BCUT2D eigenvalue weighted by Crippen LogP contribution is -2.14. The van der Waals surface area contributed by atoms with E-state index in [1.165, 1.54) is 88.0 Å². The molecule has 0 N–H and O–H groups in total. The number of rotatable bonds is 2. The van der Waals surface area contributed by atoms with Gasteiger partial charge in [0.1, 0.15) is 0 Å². The molecule has 0 aromatic heterocycles. The Morgan fingerprint density at radius 2 is 0.976 bits per heavy atom. The van der Waals surface area contributed by atoms with Crippen LogP contribution in [0.15, 0.2) is 121 Å². The zero-order chi connectivity index (χ0) is 27.9. The minimum atomic E-state index is -0.0375. The Balaban J connectivity index is 1.57. The van der Waals surface area contributed by atoms with Crippen molar-refractivity contribution in [2.24, 2.45) is 0 Å². The van der Waals surface area contributed by atoms with Crippen LogP contribution in [0.3, 0.4) is 0 Å². The van der Waals surface area contributed by atoms with Crippen molar-refractivity contribution in [3.8, 4) is 33.4 Å². The summed E-state index contributed by atoms with van der Waals surface area (Å²) in [5.41, 5.74) is 13.4. The number of benzene rings is 7. The van der Waals surface area contributed by atoms with E-state index >= 15 is 0 Å². The molecule has 1 aliphatic carbocycles. The molecule has 0 heteroatoms. The molecule has 0 atom stereocenters. The summed E-state index contributed by atoms with van der Waals surface area (Å²) >= 11 is 0. The molecule has 0 radical (unpaired) electrons. The molecule has 7 aromatic rings. The smallest absolute Gasteiger partial charge is 0.0159 e. The van der Waals surface area contributed by atoms with Gasteiger partial charge in [0.2, 0.25) is 0 Å². The Hall–Kier alpha value is -4.68. The summed E-state index contributed by atoms with van der Waals surface area (Å²) in [5.74, 6) is 0. The first-order valence-electron chi connectivity index (χ1n) is 14.6. The first-order chi connectivity index (χ1) is 19.9. The van der Waals surface area contributed by atoms with Gasteiger partial charge in [0.05, 0.1) is 0 Å². The van der Waals surface area contributed by atoms with E-state index in [4.69, 9.17) is 0 Å². The Bertz CT molecular complexity index is 2190. The van der Waals surface area contributed by atoms with Gasteiger partial charge >= 0.3 is 0 Å². The second-order valence-corrected chi connectivity index (χ2v) is 12.2. The third-order valence-corrected chi connectivity index (χ3v) is 9.47. The number of aryl methyl sites for hydroxylation is 2. The van der Waals surface area contributed by atoms with Crippen molar-refractivity contribution in [2.45, 2.75) is 33.1 Å². The van der Waals surface area contributed by atoms with Crippen LogP contribution >= 0.6 is 0 Å². The average Bonchev–Trinajstić information content (AvgIpc) is 3.23. The van der Waals surface area contributed by atoms with Crippen molar-refractivity contribution in [1.29, 1.82) is 0 Å². The van der Waals surface area contributed by atoms with Gasteiger partial charge in [-0.1, -0.05) is 141 Å². The molecule has 0 spiro atoms. The summed E-state index contributed by atoms with van der Waals surface area (Å²) in [5, 5.41) is 7.86. The van der Waals surface area contributed by atoms with Crippen molar-refractivity contribution in [1.82, 2.24) is 0 Å². The van der Waals surface area contributed by atoms with Gasteiger partial charge in [-0.15, -0.1) is 0 Å². The summed E-state index contributed by atoms with van der Waals surface area (Å²) in [7, 11) is 0. The minimum absolute atomic E-state index is 0.0375. The molecule has 0 saturated carbocycles. The van der Waals surface area contributed by atoms with Crippen LogP contribution in [-0.4, -0.2) is 0 Å². The van der Waals surface area contributed by atoms with Crippen molar-refractivity contribution in [3.63, 3.8) is 0 Å². The van der Waals surface area contributed by atoms with Crippen LogP contribution in [0, 0.1) is 13.8 Å². The van der Waals surface area contributed by atoms with E-state index < -0.39 is 0 Å². The van der Waals surface area contributed by atoms with E-state index in [9.17, 15) is 0 Å². The van der Waals surface area contributed by atoms with Crippen molar-refractivity contribution in [2.75, 3.05) is 0 Å². The van der Waals surface area contributed by atoms with Crippen LogP contribution in [-0.2, 0) is 5.41 Å². The first-order valence-corrected chi connectivity index (χ1v) is 14.6. The van der Waals surface area contributed by atoms with Crippen molar-refractivity contribution >= 4 is 32.3 Å². The van der Waals surface area contributed by atoms with E-state index in [1.54, 1.807) is 0 Å². The predicted molar refractivity (Wildman–Crippen MR) is 177 cm³/mol. The van der Waals surface area contributed by atoms with Gasteiger partial charge in [-0.05, 0) is 96.2 Å². The molecule has 0 bridgehead atoms. The molecule has 0 heterocycles. The lowest BCUT2D eigenvalue weighted by atomic mass is 9.80. The Morgan fingerprint density at radius 1 is 0.390 bits per heavy atom. The molecule has 0 fully saturated rings. The molecule has 41 heavy (non-hydrogen) atoms. The van der Waals surface area contributed by atoms with Crippen LogP contribution < -0.4 is 0 Å². The fourth-order valence-electron chi connectivity index (χ4n) is 7.50. The monoisotopic (exact) mass is 524 g/mol. The van der Waals surface area contributed by atoms with E-state index in [0.29, 0.717) is 0 Å². The Labute approximate surface area is 241 Å². The highest BCUT2D eigenvalue weighted by molar-refractivity contribution is 6.24. The predicted octanol–water partition coefficient (Wildman–Crippen LogP) is 11.4. The van der Waals surface area contributed by atoms with Crippen LogP contribution in [0.2, 0.25) is 0 Å². The molecule has 0 aliphatic heterocycles. The van der Waals surface area contributed by atoms with E-state index in [2.05, 4.69) is 149 Å². The van der Waals surface area contributed by atoms with Crippen LogP contribution in [0.1, 0.15) is 36.1 Å². The average molecular weight is 525 g/mol. The summed E-state index contributed by atoms with van der Waals surface area (Å²) < 4.78 is 0. The van der Waals surface area contributed by atoms with E-state index in [-0.39, 0.29) is 5.41 Å². The maximum atomic E-state index is 2.41. The summed E-state index contributed by atoms with van der Waals surface area (Å²) in [6, 6.07) is 45.5. The van der Waals surface area contributed by atoms with Gasteiger partial charge in [0.25, 0.3) is 0 Å². The number of hydrogen-bond acceptors (Lipinski definition) is 0. The summed E-state index contributed by atoms with van der Waals surface area (Å²) in [4.78, 5) is 0. The third kappa shape index (κ3) is 3.34. The molecule has 0 nitrogen and oxygen atoms in total.